The molecule has 0 amide bonds. The first-order chi connectivity index (χ1) is 16.3. The summed E-state index contributed by atoms with van der Waals surface area (Å²) in [6.45, 7) is 6.91. The Morgan fingerprint density at radius 1 is 0.515 bits per heavy atom. The van der Waals surface area contributed by atoms with Crippen molar-refractivity contribution in [2.75, 3.05) is 0 Å². The lowest BCUT2D eigenvalue weighted by molar-refractivity contribution is 0.666. The minimum atomic E-state index is 1.23. The molecule has 0 spiro atoms. The molecule has 0 aromatic carbocycles. The summed E-state index contributed by atoms with van der Waals surface area (Å²) in [6, 6.07) is 7.35. The maximum atomic E-state index is 2.56. The first-order valence-electron chi connectivity index (χ1n) is 13.5. The fourth-order valence-electron chi connectivity index (χ4n) is 4.63. The molecule has 0 N–H and O–H groups in total. The molecule has 0 radical (unpaired) electrons. The maximum Gasteiger partial charge on any atom is 0.0484 e. The Morgan fingerprint density at radius 2 is 1.00 bits per heavy atom. The Morgan fingerprint density at radius 3 is 1.55 bits per heavy atom. The van der Waals surface area contributed by atoms with Crippen LogP contribution in [0.25, 0.3) is 19.5 Å². The van der Waals surface area contributed by atoms with E-state index in [0.29, 0.717) is 0 Å². The lowest BCUT2D eigenvalue weighted by Gasteiger charge is -2.06. The molecule has 3 rings (SSSR count). The van der Waals surface area contributed by atoms with Gasteiger partial charge in [0, 0.05) is 19.5 Å². The lowest BCUT2D eigenvalue weighted by atomic mass is 10.0. The van der Waals surface area contributed by atoms with Crippen molar-refractivity contribution in [3.63, 3.8) is 0 Å². The highest BCUT2D eigenvalue weighted by Gasteiger charge is 2.18. The van der Waals surface area contributed by atoms with Gasteiger partial charge in [-0.25, -0.2) is 0 Å². The normalized spacial score (nSPS) is 11.5. The first kappa shape index (κ1) is 26.7. The second kappa shape index (κ2) is 15.2. The molecule has 0 aliphatic carbocycles. The van der Waals surface area contributed by atoms with E-state index in [9.17, 15) is 0 Å². The lowest BCUT2D eigenvalue weighted by Crippen LogP contribution is -1.89. The molecule has 0 fully saturated rings. The average molecular weight is 501 g/mol. The van der Waals surface area contributed by atoms with Gasteiger partial charge in [0.15, 0.2) is 0 Å². The fourth-order valence-corrected chi connectivity index (χ4v) is 8.12. The van der Waals surface area contributed by atoms with Crippen LogP contribution in [0.5, 0.6) is 0 Å². The second-order valence-corrected chi connectivity index (χ2v) is 12.3. The van der Waals surface area contributed by atoms with Gasteiger partial charge in [0.2, 0.25) is 0 Å². The van der Waals surface area contributed by atoms with E-state index in [2.05, 4.69) is 61.1 Å². The molecular weight excluding hydrogens is 457 g/mol. The van der Waals surface area contributed by atoms with Crippen molar-refractivity contribution in [2.45, 2.75) is 117 Å². The Labute approximate surface area is 215 Å². The molecule has 0 aliphatic rings. The van der Waals surface area contributed by atoms with E-state index in [-0.39, 0.29) is 0 Å². The smallest absolute Gasteiger partial charge is 0.0484 e. The summed E-state index contributed by atoms with van der Waals surface area (Å²) in [7, 11) is 0. The van der Waals surface area contributed by atoms with E-state index in [4.69, 9.17) is 0 Å². The van der Waals surface area contributed by atoms with Gasteiger partial charge in [0.25, 0.3) is 0 Å². The summed E-state index contributed by atoms with van der Waals surface area (Å²) in [5, 5.41) is 4.64. The van der Waals surface area contributed by atoms with Gasteiger partial charge in [-0.3, -0.25) is 0 Å². The molecule has 0 aliphatic heterocycles. The summed E-state index contributed by atoms with van der Waals surface area (Å²) < 4.78 is 0. The Hall–Kier alpha value is -0.900. The first-order valence-corrected chi connectivity index (χ1v) is 16.1. The van der Waals surface area contributed by atoms with Crippen molar-refractivity contribution >= 4 is 34.0 Å². The van der Waals surface area contributed by atoms with Gasteiger partial charge in [0.1, 0.15) is 0 Å². The summed E-state index contributed by atoms with van der Waals surface area (Å²) >= 11 is 6.00. The molecule has 3 aromatic rings. The van der Waals surface area contributed by atoms with Crippen LogP contribution < -0.4 is 0 Å². The van der Waals surface area contributed by atoms with Gasteiger partial charge >= 0.3 is 0 Å². The molecule has 182 valence electrons. The van der Waals surface area contributed by atoms with Crippen molar-refractivity contribution in [1.29, 1.82) is 0 Å². The van der Waals surface area contributed by atoms with E-state index in [1.165, 1.54) is 101 Å². The highest BCUT2D eigenvalue weighted by molar-refractivity contribution is 7.26. The molecule has 3 aromatic heterocycles. The molecule has 3 heterocycles. The largest absolute Gasteiger partial charge is 0.143 e. The average Bonchev–Trinajstić information content (AvgIpc) is 3.56. The molecule has 0 saturated heterocycles. The van der Waals surface area contributed by atoms with Crippen LogP contribution in [-0.4, -0.2) is 0 Å². The van der Waals surface area contributed by atoms with E-state index in [0.717, 1.165) is 0 Å². The standard InChI is InChI=1S/C30H44S3/c1-4-7-10-13-16-24-19-21-31-28(24)27-23-26(18-15-12-9-6-3)30(33-27)29-25(20-22-32-29)17-14-11-8-5-2/h19-23H,4-18H2,1-3H3. The van der Waals surface area contributed by atoms with Gasteiger partial charge in [-0.2, -0.15) is 0 Å². The zero-order valence-electron chi connectivity index (χ0n) is 21.2. The predicted molar refractivity (Wildman–Crippen MR) is 154 cm³/mol. The molecule has 3 heteroatoms. The third-order valence-corrected chi connectivity index (χ3v) is 10.1. The third-order valence-electron chi connectivity index (χ3n) is 6.63. The van der Waals surface area contributed by atoms with Crippen LogP contribution in [-0.2, 0) is 19.3 Å². The minimum Gasteiger partial charge on any atom is -0.143 e. The summed E-state index contributed by atoms with van der Waals surface area (Å²) in [5.74, 6) is 0. The number of hydrogen-bond donors (Lipinski definition) is 0. The van der Waals surface area contributed by atoms with Crippen LogP contribution in [0.2, 0.25) is 0 Å². The topological polar surface area (TPSA) is 0 Å². The van der Waals surface area contributed by atoms with E-state index in [1.807, 2.05) is 22.7 Å². The molecule has 0 atom stereocenters. The minimum absolute atomic E-state index is 1.23. The van der Waals surface area contributed by atoms with E-state index in [1.54, 1.807) is 31.3 Å². The highest BCUT2D eigenvalue weighted by atomic mass is 32.1. The Bertz CT molecular complexity index is 911. The number of unbranched alkanes of at least 4 members (excludes halogenated alkanes) is 9. The molecule has 0 bridgehead atoms. The number of hydrogen-bond acceptors (Lipinski definition) is 3. The predicted octanol–water partition coefficient (Wildman–Crippen LogP) is 11.6. The van der Waals surface area contributed by atoms with Crippen molar-refractivity contribution in [2.24, 2.45) is 0 Å². The zero-order valence-corrected chi connectivity index (χ0v) is 23.7. The summed E-state index contributed by atoms with van der Waals surface area (Å²) in [5.41, 5.74) is 4.77. The van der Waals surface area contributed by atoms with Gasteiger partial charge in [0.05, 0.1) is 0 Å². The number of aryl methyl sites for hydroxylation is 3. The number of rotatable bonds is 17. The summed E-state index contributed by atoms with van der Waals surface area (Å²) in [4.78, 5) is 6.20. The van der Waals surface area contributed by atoms with Crippen LogP contribution >= 0.6 is 34.0 Å². The molecule has 0 unspecified atom stereocenters. The third kappa shape index (κ3) is 8.08. The fraction of sp³-hybridized carbons (Fsp3) is 0.600. The van der Waals surface area contributed by atoms with Crippen LogP contribution in [0.3, 0.4) is 0 Å². The van der Waals surface area contributed by atoms with Gasteiger partial charge < -0.3 is 0 Å². The van der Waals surface area contributed by atoms with Crippen LogP contribution in [0.15, 0.2) is 29.0 Å². The maximum absolute atomic E-state index is 2.56. The van der Waals surface area contributed by atoms with Gasteiger partial charge in [-0.15, -0.1) is 34.0 Å². The second-order valence-electron chi connectivity index (χ2n) is 9.45. The Balaban J connectivity index is 1.82. The molecular formula is C30H44S3. The van der Waals surface area contributed by atoms with Crippen LogP contribution in [0.1, 0.15) is 115 Å². The van der Waals surface area contributed by atoms with E-state index >= 15 is 0 Å². The van der Waals surface area contributed by atoms with Gasteiger partial charge in [-0.05, 0) is 84.2 Å². The molecule has 33 heavy (non-hydrogen) atoms. The van der Waals surface area contributed by atoms with Crippen LogP contribution in [0.4, 0.5) is 0 Å². The quantitative estimate of drug-likeness (QED) is 0.162. The van der Waals surface area contributed by atoms with Gasteiger partial charge in [-0.1, -0.05) is 78.6 Å². The molecule has 0 saturated carbocycles. The van der Waals surface area contributed by atoms with Crippen LogP contribution in [0, 0.1) is 0 Å². The summed E-state index contributed by atoms with van der Waals surface area (Å²) in [6.07, 6.45) is 19.8. The number of thiophene rings is 3. The van der Waals surface area contributed by atoms with Crippen molar-refractivity contribution in [1.82, 2.24) is 0 Å². The van der Waals surface area contributed by atoms with Crippen molar-refractivity contribution in [3.05, 3.63) is 45.6 Å². The Kier molecular flexibility index (Phi) is 12.3. The molecule has 0 nitrogen and oxygen atoms in total. The SMILES string of the molecule is CCCCCCc1ccsc1-c1cc(CCCCCC)c(-c2sccc2CCCCCC)s1. The zero-order chi connectivity index (χ0) is 23.3. The van der Waals surface area contributed by atoms with Crippen molar-refractivity contribution < 1.29 is 0 Å². The van der Waals surface area contributed by atoms with Crippen molar-refractivity contribution in [3.8, 4) is 19.5 Å². The van der Waals surface area contributed by atoms with E-state index < -0.39 is 0 Å². The monoisotopic (exact) mass is 500 g/mol. The highest BCUT2D eigenvalue weighted by Crippen LogP contribution is 2.45.